The molecule has 0 fully saturated rings. The Kier molecular flexibility index (Phi) is 4.03. The molecule has 0 aliphatic carbocycles. The van der Waals surface area contributed by atoms with Gasteiger partial charge in [-0.25, -0.2) is 9.97 Å². The van der Waals surface area contributed by atoms with Crippen molar-refractivity contribution < 1.29 is 18.0 Å². The van der Waals surface area contributed by atoms with Gasteiger partial charge in [-0.15, -0.1) is 0 Å². The average molecular weight is 314 g/mol. The van der Waals surface area contributed by atoms with E-state index in [2.05, 4.69) is 9.97 Å². The van der Waals surface area contributed by atoms with Crippen molar-refractivity contribution in [1.29, 1.82) is 0 Å². The summed E-state index contributed by atoms with van der Waals surface area (Å²) in [5, 5.41) is 0.125. The maximum Gasteiger partial charge on any atom is 0.417 e. The van der Waals surface area contributed by atoms with Crippen molar-refractivity contribution in [3.05, 3.63) is 35.4 Å². The molecule has 0 bridgehead atoms. The average Bonchev–Trinajstić information content (AvgIpc) is 2.36. The van der Waals surface area contributed by atoms with Crippen LogP contribution >= 0.6 is 11.8 Å². The Morgan fingerprint density at radius 1 is 1.10 bits per heavy atom. The number of alkyl halides is 3. The first-order valence-corrected chi connectivity index (χ1v) is 6.35. The summed E-state index contributed by atoms with van der Waals surface area (Å²) in [5.74, 6) is 0.233. The van der Waals surface area contributed by atoms with E-state index >= 15 is 0 Å². The van der Waals surface area contributed by atoms with E-state index in [9.17, 15) is 18.0 Å². The maximum absolute atomic E-state index is 12.8. The third kappa shape index (κ3) is 3.63. The zero-order chi connectivity index (χ0) is 15.6. The van der Waals surface area contributed by atoms with Crippen molar-refractivity contribution in [3.63, 3.8) is 0 Å². The number of carbonyl (C=O) groups excluding carboxylic acids is 1. The van der Waals surface area contributed by atoms with Gasteiger partial charge < -0.3 is 11.5 Å². The molecule has 21 heavy (non-hydrogen) atoms. The smallest absolute Gasteiger partial charge is 0.383 e. The Hall–Kier alpha value is -2.29. The largest absolute Gasteiger partial charge is 0.417 e. The van der Waals surface area contributed by atoms with Gasteiger partial charge in [-0.3, -0.25) is 4.79 Å². The van der Waals surface area contributed by atoms with Crippen LogP contribution in [0.4, 0.5) is 24.8 Å². The van der Waals surface area contributed by atoms with Crippen LogP contribution in [0, 0.1) is 0 Å². The van der Waals surface area contributed by atoms with Crippen LogP contribution in [0.5, 0.6) is 0 Å². The predicted octanol–water partition coefficient (Wildman–Crippen LogP) is 2.62. The Balaban J connectivity index is 2.39. The minimum atomic E-state index is -4.62. The Morgan fingerprint density at radius 3 is 2.24 bits per heavy atom. The van der Waals surface area contributed by atoms with Crippen molar-refractivity contribution in [2.45, 2.75) is 16.2 Å². The number of carbonyl (C=O) groups is 1. The summed E-state index contributed by atoms with van der Waals surface area (Å²) < 4.78 is 38.5. The van der Waals surface area contributed by atoms with Crippen LogP contribution in [-0.2, 0) is 6.18 Å². The van der Waals surface area contributed by atoms with Crippen LogP contribution in [0.15, 0.2) is 34.3 Å². The number of benzene rings is 1. The highest BCUT2D eigenvalue weighted by Crippen LogP contribution is 2.35. The second-order valence-corrected chi connectivity index (χ2v) is 5.01. The second kappa shape index (κ2) is 5.60. The molecule has 0 amide bonds. The topological polar surface area (TPSA) is 94.9 Å². The summed E-state index contributed by atoms with van der Waals surface area (Å²) >= 11 is 0.867. The van der Waals surface area contributed by atoms with Crippen molar-refractivity contribution >= 4 is 29.7 Å². The zero-order valence-corrected chi connectivity index (χ0v) is 11.2. The van der Waals surface area contributed by atoms with Gasteiger partial charge in [0.15, 0.2) is 11.4 Å². The summed E-state index contributed by atoms with van der Waals surface area (Å²) in [7, 11) is 0. The summed E-state index contributed by atoms with van der Waals surface area (Å²) in [6.07, 6.45) is -4.46. The molecule has 1 aromatic carbocycles. The number of aldehydes is 1. The fourth-order valence-electron chi connectivity index (χ4n) is 1.56. The number of hydrogen-bond donors (Lipinski definition) is 2. The number of nitrogens with two attached hydrogens (primary N) is 2. The molecule has 0 radical (unpaired) electrons. The lowest BCUT2D eigenvalue weighted by molar-refractivity contribution is -0.138. The standard InChI is InChI=1S/C12H9F3N4OS/c13-12(14,15)8-3-7(2-1-6(8)5-20)21-11-18-9(16)4-10(17)19-11/h1-5H,(H4,16,17,18,19). The Morgan fingerprint density at radius 2 is 1.71 bits per heavy atom. The quantitative estimate of drug-likeness (QED) is 0.668. The first-order valence-electron chi connectivity index (χ1n) is 5.54. The predicted molar refractivity (Wildman–Crippen MR) is 71.8 cm³/mol. The zero-order valence-electron chi connectivity index (χ0n) is 10.4. The SMILES string of the molecule is Nc1cc(N)nc(Sc2ccc(C=O)c(C(F)(F)F)c2)n1. The molecule has 2 aromatic rings. The lowest BCUT2D eigenvalue weighted by Gasteiger charge is -2.11. The molecule has 5 nitrogen and oxygen atoms in total. The van der Waals surface area contributed by atoms with Gasteiger partial charge in [0, 0.05) is 16.5 Å². The lowest BCUT2D eigenvalue weighted by atomic mass is 10.1. The van der Waals surface area contributed by atoms with Crippen LogP contribution in [0.1, 0.15) is 15.9 Å². The number of rotatable bonds is 3. The van der Waals surface area contributed by atoms with Crippen LogP contribution in [0.3, 0.4) is 0 Å². The molecule has 1 heterocycles. The van der Waals surface area contributed by atoms with Gasteiger partial charge in [-0.1, -0.05) is 0 Å². The first-order chi connectivity index (χ1) is 9.79. The number of hydrogen-bond acceptors (Lipinski definition) is 6. The Labute approximate surface area is 121 Å². The van der Waals surface area contributed by atoms with Crippen molar-refractivity contribution in [1.82, 2.24) is 9.97 Å². The molecule has 0 saturated heterocycles. The number of nitrogens with zero attached hydrogens (tertiary/aromatic N) is 2. The number of aromatic nitrogens is 2. The molecule has 0 saturated carbocycles. The summed E-state index contributed by atoms with van der Waals surface area (Å²) in [6.45, 7) is 0. The van der Waals surface area contributed by atoms with E-state index in [0.717, 1.165) is 23.9 Å². The van der Waals surface area contributed by atoms with Crippen molar-refractivity contribution in [3.8, 4) is 0 Å². The van der Waals surface area contributed by atoms with Gasteiger partial charge in [0.25, 0.3) is 0 Å². The summed E-state index contributed by atoms with van der Waals surface area (Å²) in [6, 6.07) is 4.65. The molecule has 0 unspecified atom stereocenters. The molecule has 110 valence electrons. The molecule has 4 N–H and O–H groups in total. The molecule has 9 heteroatoms. The van der Waals surface area contributed by atoms with E-state index < -0.39 is 17.3 Å². The second-order valence-electron chi connectivity index (χ2n) is 3.97. The fourth-order valence-corrected chi connectivity index (χ4v) is 2.39. The van der Waals surface area contributed by atoms with Gasteiger partial charge in [-0.05, 0) is 30.0 Å². The number of halogens is 3. The van der Waals surface area contributed by atoms with Gasteiger partial charge in [-0.2, -0.15) is 13.2 Å². The Bertz CT molecular complexity index is 670. The minimum Gasteiger partial charge on any atom is -0.383 e. The van der Waals surface area contributed by atoms with Gasteiger partial charge >= 0.3 is 6.18 Å². The molecule has 2 rings (SSSR count). The van der Waals surface area contributed by atoms with Crippen molar-refractivity contribution in [2.75, 3.05) is 11.5 Å². The van der Waals surface area contributed by atoms with Crippen LogP contribution in [0.25, 0.3) is 0 Å². The molecular weight excluding hydrogens is 305 g/mol. The molecule has 0 spiro atoms. The van der Waals surface area contributed by atoms with Gasteiger partial charge in [0.05, 0.1) is 5.56 Å². The monoisotopic (exact) mass is 314 g/mol. The van der Waals surface area contributed by atoms with E-state index in [1.165, 1.54) is 12.1 Å². The normalized spacial score (nSPS) is 11.4. The van der Waals surface area contributed by atoms with E-state index in [4.69, 9.17) is 11.5 Å². The third-order valence-electron chi connectivity index (χ3n) is 2.41. The van der Waals surface area contributed by atoms with E-state index in [0.29, 0.717) is 0 Å². The van der Waals surface area contributed by atoms with E-state index in [1.807, 2.05) is 0 Å². The van der Waals surface area contributed by atoms with Crippen LogP contribution in [0.2, 0.25) is 0 Å². The molecular formula is C12H9F3N4OS. The molecule has 1 aromatic heterocycles. The number of nitrogen functional groups attached to an aromatic ring is 2. The van der Waals surface area contributed by atoms with Crippen LogP contribution < -0.4 is 11.5 Å². The minimum absolute atomic E-state index is 0.116. The lowest BCUT2D eigenvalue weighted by Crippen LogP contribution is -2.09. The summed E-state index contributed by atoms with van der Waals surface area (Å²) in [5.41, 5.74) is 9.53. The highest BCUT2D eigenvalue weighted by atomic mass is 32.2. The maximum atomic E-state index is 12.8. The highest BCUT2D eigenvalue weighted by Gasteiger charge is 2.33. The van der Waals surface area contributed by atoms with Gasteiger partial charge in [0.2, 0.25) is 0 Å². The number of anilines is 2. The van der Waals surface area contributed by atoms with Gasteiger partial charge in [0.1, 0.15) is 11.6 Å². The van der Waals surface area contributed by atoms with E-state index in [-0.39, 0.29) is 28.0 Å². The summed E-state index contributed by atoms with van der Waals surface area (Å²) in [4.78, 5) is 18.6. The highest BCUT2D eigenvalue weighted by molar-refractivity contribution is 7.99. The third-order valence-corrected chi connectivity index (χ3v) is 3.27. The van der Waals surface area contributed by atoms with E-state index in [1.54, 1.807) is 0 Å². The van der Waals surface area contributed by atoms with Crippen molar-refractivity contribution in [2.24, 2.45) is 0 Å². The molecule has 0 aliphatic heterocycles. The first kappa shape index (κ1) is 15.1. The van der Waals surface area contributed by atoms with Crippen LogP contribution in [-0.4, -0.2) is 16.3 Å². The molecule has 0 aliphatic rings. The molecule has 0 atom stereocenters. The fraction of sp³-hybridized carbons (Fsp3) is 0.0833.